The van der Waals surface area contributed by atoms with Gasteiger partial charge < -0.3 is 9.64 Å². The van der Waals surface area contributed by atoms with E-state index in [1.54, 1.807) is 0 Å². The van der Waals surface area contributed by atoms with E-state index in [4.69, 9.17) is 4.74 Å². The number of hydrogen-bond donors (Lipinski definition) is 0. The molecule has 0 spiro atoms. The Hall–Kier alpha value is -0.410. The van der Waals surface area contributed by atoms with Crippen LogP contribution >= 0.6 is 0 Å². The first-order chi connectivity index (χ1) is 5.97. The van der Waals surface area contributed by atoms with Gasteiger partial charge in [0.2, 0.25) is 0 Å². The molecule has 0 amide bonds. The topological polar surface area (TPSA) is 29.5 Å². The lowest BCUT2D eigenvalue weighted by Crippen LogP contribution is -2.35. The van der Waals surface area contributed by atoms with Gasteiger partial charge in [0.25, 0.3) is 0 Å². The molecule has 0 aromatic heterocycles. The third-order valence-electron chi connectivity index (χ3n) is 2.68. The number of carbonyl (C=O) groups excluding carboxylic acids is 1. The van der Waals surface area contributed by atoms with Crippen LogP contribution in [0.3, 0.4) is 0 Å². The van der Waals surface area contributed by atoms with Crippen molar-refractivity contribution in [3.05, 3.63) is 0 Å². The molecule has 1 aliphatic heterocycles. The van der Waals surface area contributed by atoms with Crippen LogP contribution in [0.5, 0.6) is 0 Å². The zero-order valence-electron chi connectivity index (χ0n) is 8.96. The average molecular weight is 185 g/mol. The normalized spacial score (nSPS) is 27.2. The SMILES string of the molecule is CCN(C)CC1COC(C)(C)C1=O. The predicted molar refractivity (Wildman–Crippen MR) is 51.7 cm³/mol. The van der Waals surface area contributed by atoms with Crippen molar-refractivity contribution in [2.45, 2.75) is 26.4 Å². The summed E-state index contributed by atoms with van der Waals surface area (Å²) in [5.41, 5.74) is -0.556. The van der Waals surface area contributed by atoms with Crippen LogP contribution in [0.2, 0.25) is 0 Å². The molecule has 1 aliphatic rings. The minimum Gasteiger partial charge on any atom is -0.367 e. The molecule has 3 nitrogen and oxygen atoms in total. The van der Waals surface area contributed by atoms with E-state index in [2.05, 4.69) is 11.8 Å². The summed E-state index contributed by atoms with van der Waals surface area (Å²) in [5.74, 6) is 0.313. The molecule has 1 saturated heterocycles. The Morgan fingerprint density at radius 1 is 1.62 bits per heavy atom. The van der Waals surface area contributed by atoms with Gasteiger partial charge in [-0.05, 0) is 27.4 Å². The number of Topliss-reactive ketones (excluding diaryl/α,β-unsaturated/α-hetero) is 1. The van der Waals surface area contributed by atoms with Gasteiger partial charge in [-0.25, -0.2) is 0 Å². The third kappa shape index (κ3) is 2.29. The number of carbonyl (C=O) groups is 1. The van der Waals surface area contributed by atoms with Crippen molar-refractivity contribution in [1.82, 2.24) is 4.90 Å². The molecule has 3 heteroatoms. The minimum absolute atomic E-state index is 0.0694. The summed E-state index contributed by atoms with van der Waals surface area (Å²) >= 11 is 0. The Kier molecular flexibility index (Phi) is 3.09. The lowest BCUT2D eigenvalue weighted by atomic mass is 9.95. The van der Waals surface area contributed by atoms with E-state index >= 15 is 0 Å². The highest BCUT2D eigenvalue weighted by Gasteiger charge is 2.41. The van der Waals surface area contributed by atoms with Crippen LogP contribution < -0.4 is 0 Å². The summed E-state index contributed by atoms with van der Waals surface area (Å²) in [6.45, 7) is 8.16. The van der Waals surface area contributed by atoms with Crippen LogP contribution in [-0.2, 0) is 9.53 Å². The van der Waals surface area contributed by atoms with Crippen molar-refractivity contribution < 1.29 is 9.53 Å². The number of nitrogens with zero attached hydrogens (tertiary/aromatic N) is 1. The van der Waals surface area contributed by atoms with Gasteiger partial charge in [-0.2, -0.15) is 0 Å². The molecule has 76 valence electrons. The molecule has 1 atom stereocenters. The number of hydrogen-bond acceptors (Lipinski definition) is 3. The maximum absolute atomic E-state index is 11.7. The summed E-state index contributed by atoms with van der Waals surface area (Å²) in [4.78, 5) is 13.9. The standard InChI is InChI=1S/C10H19NO2/c1-5-11(4)6-8-7-13-10(2,3)9(8)12/h8H,5-7H2,1-4H3. The van der Waals surface area contributed by atoms with E-state index in [-0.39, 0.29) is 11.7 Å². The smallest absolute Gasteiger partial charge is 0.170 e. The van der Waals surface area contributed by atoms with E-state index in [1.807, 2.05) is 20.9 Å². The molecule has 1 fully saturated rings. The maximum Gasteiger partial charge on any atom is 0.170 e. The van der Waals surface area contributed by atoms with Crippen molar-refractivity contribution in [1.29, 1.82) is 0 Å². The summed E-state index contributed by atoms with van der Waals surface area (Å²) in [7, 11) is 2.03. The fourth-order valence-electron chi connectivity index (χ4n) is 1.59. The number of ether oxygens (including phenoxy) is 1. The number of rotatable bonds is 3. The fourth-order valence-corrected chi connectivity index (χ4v) is 1.59. The Bertz CT molecular complexity index is 201. The lowest BCUT2D eigenvalue weighted by molar-refractivity contribution is -0.130. The molecular weight excluding hydrogens is 166 g/mol. The van der Waals surface area contributed by atoms with Gasteiger partial charge in [0.05, 0.1) is 12.5 Å². The second-order valence-corrected chi connectivity index (χ2v) is 4.24. The summed E-state index contributed by atoms with van der Waals surface area (Å²) in [6.07, 6.45) is 0. The van der Waals surface area contributed by atoms with Crippen LogP contribution in [-0.4, -0.2) is 43.0 Å². The average Bonchev–Trinajstić information content (AvgIpc) is 2.32. The maximum atomic E-state index is 11.7. The number of ketones is 1. The third-order valence-corrected chi connectivity index (χ3v) is 2.68. The molecule has 1 unspecified atom stereocenters. The molecular formula is C10H19NO2. The van der Waals surface area contributed by atoms with Gasteiger partial charge in [-0.1, -0.05) is 6.92 Å². The van der Waals surface area contributed by atoms with Crippen LogP contribution in [0.4, 0.5) is 0 Å². The van der Waals surface area contributed by atoms with E-state index in [0.717, 1.165) is 13.1 Å². The summed E-state index contributed by atoms with van der Waals surface area (Å²) in [6, 6.07) is 0. The van der Waals surface area contributed by atoms with Crippen molar-refractivity contribution in [3.63, 3.8) is 0 Å². The van der Waals surface area contributed by atoms with Crippen molar-refractivity contribution in [3.8, 4) is 0 Å². The van der Waals surface area contributed by atoms with Gasteiger partial charge in [-0.3, -0.25) is 4.79 Å². The quantitative estimate of drug-likeness (QED) is 0.655. The molecule has 0 aromatic carbocycles. The summed E-state index contributed by atoms with van der Waals surface area (Å²) in [5, 5.41) is 0. The van der Waals surface area contributed by atoms with Crippen molar-refractivity contribution in [2.24, 2.45) is 5.92 Å². The second kappa shape index (κ2) is 3.76. The predicted octanol–water partition coefficient (Wildman–Crippen LogP) is 0.932. The summed E-state index contributed by atoms with van der Waals surface area (Å²) < 4.78 is 5.43. The highest BCUT2D eigenvalue weighted by atomic mass is 16.5. The molecule has 0 aromatic rings. The largest absolute Gasteiger partial charge is 0.367 e. The van der Waals surface area contributed by atoms with E-state index in [0.29, 0.717) is 6.61 Å². The van der Waals surface area contributed by atoms with Gasteiger partial charge in [0.15, 0.2) is 5.78 Å². The van der Waals surface area contributed by atoms with Gasteiger partial charge in [-0.15, -0.1) is 0 Å². The van der Waals surface area contributed by atoms with Gasteiger partial charge >= 0.3 is 0 Å². The molecule has 13 heavy (non-hydrogen) atoms. The lowest BCUT2D eigenvalue weighted by Gasteiger charge is -2.18. The molecule has 1 rings (SSSR count). The van der Waals surface area contributed by atoms with E-state index in [9.17, 15) is 4.79 Å². The first-order valence-corrected chi connectivity index (χ1v) is 4.84. The fraction of sp³-hybridized carbons (Fsp3) is 0.900. The first-order valence-electron chi connectivity index (χ1n) is 4.84. The highest BCUT2D eigenvalue weighted by molar-refractivity contribution is 5.90. The van der Waals surface area contributed by atoms with Crippen molar-refractivity contribution in [2.75, 3.05) is 26.7 Å². The second-order valence-electron chi connectivity index (χ2n) is 4.24. The molecule has 1 heterocycles. The Morgan fingerprint density at radius 3 is 2.62 bits per heavy atom. The Balaban J connectivity index is 2.51. The highest BCUT2D eigenvalue weighted by Crippen LogP contribution is 2.25. The first kappa shape index (κ1) is 10.7. The Morgan fingerprint density at radius 2 is 2.23 bits per heavy atom. The van der Waals surface area contributed by atoms with Crippen molar-refractivity contribution >= 4 is 5.78 Å². The van der Waals surface area contributed by atoms with Gasteiger partial charge in [0, 0.05) is 6.54 Å². The molecule has 0 bridgehead atoms. The van der Waals surface area contributed by atoms with Crippen LogP contribution in [0, 0.1) is 5.92 Å². The van der Waals surface area contributed by atoms with Gasteiger partial charge in [0.1, 0.15) is 5.60 Å². The van der Waals surface area contributed by atoms with Crippen LogP contribution in [0.1, 0.15) is 20.8 Å². The Labute approximate surface area is 80.1 Å². The molecule has 0 N–H and O–H groups in total. The minimum atomic E-state index is -0.556. The monoisotopic (exact) mass is 185 g/mol. The molecule has 0 saturated carbocycles. The zero-order chi connectivity index (χ0) is 10.1. The van der Waals surface area contributed by atoms with E-state index in [1.165, 1.54) is 0 Å². The van der Waals surface area contributed by atoms with Crippen LogP contribution in [0.25, 0.3) is 0 Å². The molecule has 0 aliphatic carbocycles. The zero-order valence-corrected chi connectivity index (χ0v) is 8.96. The molecule has 0 radical (unpaired) electrons. The van der Waals surface area contributed by atoms with E-state index < -0.39 is 5.60 Å². The van der Waals surface area contributed by atoms with Crippen LogP contribution in [0.15, 0.2) is 0 Å².